The van der Waals surface area contributed by atoms with Crippen LogP contribution in [0, 0.1) is 0 Å². The summed E-state index contributed by atoms with van der Waals surface area (Å²) in [4.78, 5) is 17.6. The van der Waals surface area contributed by atoms with Gasteiger partial charge < -0.3 is 4.57 Å². The SMILES string of the molecule is c1ccc(Cn2cnc3c(-c4ccccn4)ncnc32)cc1. The Balaban J connectivity index is 1.80. The molecule has 0 aliphatic carbocycles. The van der Waals surface area contributed by atoms with Crippen molar-refractivity contribution in [1.82, 2.24) is 24.5 Å². The standard InChI is InChI=1S/C17H13N5/c1-2-6-13(7-3-1)10-22-12-21-16-15(19-11-20-17(16)22)14-8-4-5-9-18-14/h1-9,11-12H,10H2. The molecule has 0 spiro atoms. The van der Waals surface area contributed by atoms with E-state index in [1.54, 1.807) is 18.9 Å². The first-order valence-electron chi connectivity index (χ1n) is 7.03. The Labute approximate surface area is 127 Å². The number of pyridine rings is 1. The van der Waals surface area contributed by atoms with Crippen LogP contribution in [0.2, 0.25) is 0 Å². The number of hydrogen-bond acceptors (Lipinski definition) is 4. The van der Waals surface area contributed by atoms with Crippen molar-refractivity contribution in [2.24, 2.45) is 0 Å². The van der Waals surface area contributed by atoms with Gasteiger partial charge in [0.05, 0.1) is 18.6 Å². The molecule has 0 atom stereocenters. The van der Waals surface area contributed by atoms with Crippen molar-refractivity contribution in [2.75, 3.05) is 0 Å². The molecule has 0 fully saturated rings. The smallest absolute Gasteiger partial charge is 0.164 e. The second-order valence-electron chi connectivity index (χ2n) is 4.97. The second-order valence-corrected chi connectivity index (χ2v) is 4.97. The van der Waals surface area contributed by atoms with Crippen LogP contribution in [0.1, 0.15) is 5.56 Å². The minimum atomic E-state index is 0.732. The van der Waals surface area contributed by atoms with Gasteiger partial charge in [0.15, 0.2) is 5.65 Å². The maximum absolute atomic E-state index is 4.49. The van der Waals surface area contributed by atoms with Crippen LogP contribution in [-0.2, 0) is 6.54 Å². The van der Waals surface area contributed by atoms with Gasteiger partial charge in [0.1, 0.15) is 17.5 Å². The molecule has 0 aliphatic heterocycles. The maximum atomic E-state index is 4.49. The molecule has 106 valence electrons. The molecular weight excluding hydrogens is 274 g/mol. The van der Waals surface area contributed by atoms with E-state index in [0.717, 1.165) is 29.1 Å². The van der Waals surface area contributed by atoms with Crippen LogP contribution in [0.4, 0.5) is 0 Å². The van der Waals surface area contributed by atoms with Gasteiger partial charge in [0.2, 0.25) is 0 Å². The van der Waals surface area contributed by atoms with Gasteiger partial charge in [0, 0.05) is 6.20 Å². The van der Waals surface area contributed by atoms with Crippen LogP contribution in [-0.4, -0.2) is 24.5 Å². The van der Waals surface area contributed by atoms with Crippen LogP contribution >= 0.6 is 0 Å². The van der Waals surface area contributed by atoms with Crippen molar-refractivity contribution in [3.05, 3.63) is 72.9 Å². The third-order valence-corrected chi connectivity index (χ3v) is 3.50. The molecule has 0 amide bonds. The predicted molar refractivity (Wildman–Crippen MR) is 84.1 cm³/mol. The zero-order valence-electron chi connectivity index (χ0n) is 11.8. The first kappa shape index (κ1) is 12.6. The fraction of sp³-hybridized carbons (Fsp3) is 0.0588. The summed E-state index contributed by atoms with van der Waals surface area (Å²) >= 11 is 0. The molecule has 0 saturated heterocycles. The topological polar surface area (TPSA) is 56.5 Å². The highest BCUT2D eigenvalue weighted by atomic mass is 15.1. The normalized spacial score (nSPS) is 10.9. The summed E-state index contributed by atoms with van der Waals surface area (Å²) in [5, 5.41) is 0. The molecule has 0 bridgehead atoms. The molecule has 1 aromatic carbocycles. The van der Waals surface area contributed by atoms with E-state index < -0.39 is 0 Å². The lowest BCUT2D eigenvalue weighted by atomic mass is 10.2. The third-order valence-electron chi connectivity index (χ3n) is 3.50. The van der Waals surface area contributed by atoms with Gasteiger partial charge in [-0.25, -0.2) is 15.0 Å². The van der Waals surface area contributed by atoms with E-state index >= 15 is 0 Å². The molecule has 0 N–H and O–H groups in total. The molecule has 0 saturated carbocycles. The number of fused-ring (bicyclic) bond motifs is 1. The molecule has 0 unspecified atom stereocenters. The van der Waals surface area contributed by atoms with E-state index in [4.69, 9.17) is 0 Å². The molecular formula is C17H13N5. The highest BCUT2D eigenvalue weighted by Crippen LogP contribution is 2.22. The molecule has 4 rings (SSSR count). The van der Waals surface area contributed by atoms with Gasteiger partial charge >= 0.3 is 0 Å². The Morgan fingerprint density at radius 2 is 1.68 bits per heavy atom. The zero-order chi connectivity index (χ0) is 14.8. The summed E-state index contributed by atoms with van der Waals surface area (Å²) in [7, 11) is 0. The molecule has 5 heteroatoms. The Hall–Kier alpha value is -3.08. The van der Waals surface area contributed by atoms with E-state index in [2.05, 4.69) is 32.1 Å². The van der Waals surface area contributed by atoms with Gasteiger partial charge in [-0.05, 0) is 17.7 Å². The van der Waals surface area contributed by atoms with Crippen LogP contribution in [0.15, 0.2) is 67.4 Å². The van der Waals surface area contributed by atoms with Crippen molar-refractivity contribution in [2.45, 2.75) is 6.54 Å². The van der Waals surface area contributed by atoms with Crippen LogP contribution in [0.25, 0.3) is 22.6 Å². The minimum absolute atomic E-state index is 0.732. The molecule has 22 heavy (non-hydrogen) atoms. The monoisotopic (exact) mass is 287 g/mol. The van der Waals surface area contributed by atoms with E-state index in [0.29, 0.717) is 0 Å². The quantitative estimate of drug-likeness (QED) is 0.581. The lowest BCUT2D eigenvalue weighted by molar-refractivity contribution is 0.813. The Kier molecular flexibility index (Phi) is 3.08. The van der Waals surface area contributed by atoms with E-state index in [1.807, 2.05) is 41.0 Å². The summed E-state index contributed by atoms with van der Waals surface area (Å²) in [6.45, 7) is 0.732. The van der Waals surface area contributed by atoms with Gasteiger partial charge in [0.25, 0.3) is 0 Å². The molecule has 5 nitrogen and oxygen atoms in total. The number of benzene rings is 1. The first-order chi connectivity index (χ1) is 10.9. The fourth-order valence-corrected chi connectivity index (χ4v) is 2.47. The van der Waals surface area contributed by atoms with Gasteiger partial charge in [-0.1, -0.05) is 36.4 Å². The van der Waals surface area contributed by atoms with E-state index in [9.17, 15) is 0 Å². The van der Waals surface area contributed by atoms with Gasteiger partial charge in [-0.3, -0.25) is 4.98 Å². The summed E-state index contributed by atoms with van der Waals surface area (Å²) in [6, 6.07) is 16.0. The zero-order valence-corrected chi connectivity index (χ0v) is 11.8. The highest BCUT2D eigenvalue weighted by Gasteiger charge is 2.12. The number of imidazole rings is 1. The number of nitrogens with zero attached hydrogens (tertiary/aromatic N) is 5. The summed E-state index contributed by atoms with van der Waals surface area (Å²) in [5.41, 5.74) is 4.37. The lowest BCUT2D eigenvalue weighted by Crippen LogP contribution is -1.99. The van der Waals surface area contributed by atoms with Crippen LogP contribution in [0.5, 0.6) is 0 Å². The lowest BCUT2D eigenvalue weighted by Gasteiger charge is -2.04. The predicted octanol–water partition coefficient (Wildman–Crippen LogP) is 2.94. The van der Waals surface area contributed by atoms with Crippen molar-refractivity contribution >= 4 is 11.2 Å². The average Bonchev–Trinajstić information content (AvgIpc) is 3.00. The van der Waals surface area contributed by atoms with Crippen molar-refractivity contribution in [3.8, 4) is 11.4 Å². The van der Waals surface area contributed by atoms with Crippen LogP contribution < -0.4 is 0 Å². The summed E-state index contributed by atoms with van der Waals surface area (Å²) < 4.78 is 2.03. The minimum Gasteiger partial charge on any atom is -0.311 e. The molecule has 0 radical (unpaired) electrons. The number of rotatable bonds is 3. The molecule has 4 aromatic rings. The highest BCUT2D eigenvalue weighted by molar-refractivity contribution is 5.85. The van der Waals surface area contributed by atoms with Crippen molar-refractivity contribution in [1.29, 1.82) is 0 Å². The molecule has 3 heterocycles. The summed E-state index contributed by atoms with van der Waals surface area (Å²) in [6.07, 6.45) is 5.12. The molecule has 0 aliphatic rings. The first-order valence-corrected chi connectivity index (χ1v) is 7.03. The number of aromatic nitrogens is 5. The van der Waals surface area contributed by atoms with Crippen molar-refractivity contribution in [3.63, 3.8) is 0 Å². The Morgan fingerprint density at radius 3 is 2.50 bits per heavy atom. The van der Waals surface area contributed by atoms with Crippen molar-refractivity contribution < 1.29 is 0 Å². The summed E-state index contributed by atoms with van der Waals surface area (Å²) in [5.74, 6) is 0. The van der Waals surface area contributed by atoms with Gasteiger partial charge in [-0.2, -0.15) is 0 Å². The fourth-order valence-electron chi connectivity index (χ4n) is 2.47. The Morgan fingerprint density at radius 1 is 0.818 bits per heavy atom. The Bertz CT molecular complexity index is 900. The largest absolute Gasteiger partial charge is 0.311 e. The van der Waals surface area contributed by atoms with Gasteiger partial charge in [-0.15, -0.1) is 0 Å². The molecule has 3 aromatic heterocycles. The number of hydrogen-bond donors (Lipinski definition) is 0. The van der Waals surface area contributed by atoms with E-state index in [-0.39, 0.29) is 0 Å². The third kappa shape index (κ3) is 2.22. The van der Waals surface area contributed by atoms with E-state index in [1.165, 1.54) is 5.56 Å². The second kappa shape index (κ2) is 5.37. The average molecular weight is 287 g/mol. The van der Waals surface area contributed by atoms with Crippen LogP contribution in [0.3, 0.4) is 0 Å². The maximum Gasteiger partial charge on any atom is 0.164 e.